The van der Waals surface area contributed by atoms with Crippen LogP contribution in [-0.4, -0.2) is 27.8 Å². The van der Waals surface area contributed by atoms with Crippen LogP contribution in [0.5, 0.6) is 5.75 Å². The van der Waals surface area contributed by atoms with Crippen molar-refractivity contribution in [3.05, 3.63) is 69.5 Å². The second-order valence-corrected chi connectivity index (χ2v) is 8.12. The van der Waals surface area contributed by atoms with Crippen molar-refractivity contribution in [2.75, 3.05) is 7.11 Å². The molecule has 3 rings (SSSR count). The molecule has 1 atom stereocenters. The van der Waals surface area contributed by atoms with Gasteiger partial charge in [-0.2, -0.15) is 0 Å². The average molecular weight is 451 g/mol. The van der Waals surface area contributed by atoms with Crippen LogP contribution >= 0.6 is 35.0 Å². The lowest BCUT2D eigenvalue weighted by atomic mass is 10.2. The van der Waals surface area contributed by atoms with Crippen molar-refractivity contribution in [3.63, 3.8) is 0 Å². The van der Waals surface area contributed by atoms with Crippen molar-refractivity contribution in [1.82, 2.24) is 20.1 Å². The van der Waals surface area contributed by atoms with Gasteiger partial charge in [0.25, 0.3) is 5.91 Å². The Morgan fingerprint density at radius 3 is 2.55 bits per heavy atom. The molecule has 0 unspecified atom stereocenters. The van der Waals surface area contributed by atoms with E-state index in [9.17, 15) is 4.79 Å². The molecule has 0 saturated carbocycles. The zero-order chi connectivity index (χ0) is 21.0. The van der Waals surface area contributed by atoms with E-state index < -0.39 is 0 Å². The topological polar surface area (TPSA) is 69.0 Å². The molecule has 29 heavy (non-hydrogen) atoms. The molecule has 2 aromatic carbocycles. The van der Waals surface area contributed by atoms with Crippen LogP contribution in [0.2, 0.25) is 10.0 Å². The van der Waals surface area contributed by atoms with Gasteiger partial charge >= 0.3 is 0 Å². The van der Waals surface area contributed by atoms with E-state index >= 15 is 0 Å². The molecule has 3 aromatic rings. The predicted molar refractivity (Wildman–Crippen MR) is 116 cm³/mol. The first-order chi connectivity index (χ1) is 13.9. The smallest absolute Gasteiger partial charge is 0.251 e. The van der Waals surface area contributed by atoms with Crippen LogP contribution in [0.4, 0.5) is 0 Å². The summed E-state index contributed by atoms with van der Waals surface area (Å²) < 4.78 is 6.99. The number of halogens is 2. The largest absolute Gasteiger partial charge is 0.497 e. The number of nitrogens with one attached hydrogen (secondary N) is 1. The maximum absolute atomic E-state index is 12.5. The third-order valence-corrected chi connectivity index (χ3v) is 6.14. The van der Waals surface area contributed by atoms with E-state index in [0.29, 0.717) is 32.9 Å². The maximum Gasteiger partial charge on any atom is 0.251 e. The monoisotopic (exact) mass is 450 g/mol. The zero-order valence-corrected chi connectivity index (χ0v) is 18.5. The van der Waals surface area contributed by atoms with Crippen LogP contribution < -0.4 is 10.1 Å². The number of methoxy groups -OCH3 is 1. The Balaban J connectivity index is 1.64. The number of amides is 1. The van der Waals surface area contributed by atoms with Crippen molar-refractivity contribution in [2.24, 2.45) is 7.05 Å². The van der Waals surface area contributed by atoms with E-state index in [2.05, 4.69) is 15.5 Å². The van der Waals surface area contributed by atoms with Gasteiger partial charge in [0.05, 0.1) is 23.2 Å². The number of rotatable bonds is 7. The van der Waals surface area contributed by atoms with E-state index in [4.69, 9.17) is 27.9 Å². The minimum absolute atomic E-state index is 0.187. The summed E-state index contributed by atoms with van der Waals surface area (Å²) in [6.45, 7) is 1.87. The maximum atomic E-state index is 12.5. The predicted octanol–water partition coefficient (Wildman–Crippen LogP) is 4.91. The van der Waals surface area contributed by atoms with Crippen molar-refractivity contribution in [3.8, 4) is 5.75 Å². The van der Waals surface area contributed by atoms with Gasteiger partial charge in [0.2, 0.25) is 0 Å². The highest BCUT2D eigenvalue weighted by Crippen LogP contribution is 2.27. The first kappa shape index (κ1) is 21.5. The summed E-state index contributed by atoms with van der Waals surface area (Å²) in [7, 11) is 3.46. The molecule has 0 saturated heterocycles. The Labute approximate surface area is 183 Å². The van der Waals surface area contributed by atoms with Gasteiger partial charge in [0.15, 0.2) is 11.0 Å². The molecule has 0 aliphatic rings. The fourth-order valence-electron chi connectivity index (χ4n) is 2.69. The van der Waals surface area contributed by atoms with Gasteiger partial charge in [0, 0.05) is 18.4 Å². The highest BCUT2D eigenvalue weighted by atomic mass is 35.5. The number of benzene rings is 2. The van der Waals surface area contributed by atoms with E-state index in [1.165, 1.54) is 11.8 Å². The quantitative estimate of drug-likeness (QED) is 0.517. The molecule has 1 N–H and O–H groups in total. The van der Waals surface area contributed by atoms with E-state index in [1.807, 2.05) is 30.7 Å². The van der Waals surface area contributed by atoms with Crippen molar-refractivity contribution in [2.45, 2.75) is 23.9 Å². The van der Waals surface area contributed by atoms with Crippen LogP contribution in [0.15, 0.2) is 47.6 Å². The highest BCUT2D eigenvalue weighted by Gasteiger charge is 2.18. The molecule has 9 heteroatoms. The summed E-state index contributed by atoms with van der Waals surface area (Å²) in [5.41, 5.74) is 1.59. The molecule has 0 spiro atoms. The number of nitrogens with zero attached hydrogens (tertiary/aromatic N) is 3. The molecule has 0 bridgehead atoms. The lowest BCUT2D eigenvalue weighted by Crippen LogP contribution is -2.28. The standard InChI is InChI=1S/C20H20Cl2N4O2S/c1-12(23-19(27)14-5-7-15(28-3)8-6-14)18-24-25-20(26(18)2)29-11-13-4-9-16(21)17(22)10-13/h4-10,12H,11H2,1-3H3,(H,23,27)/t12-/m1/s1. The number of carbonyl (C=O) groups excluding carboxylic acids is 1. The number of hydrogen-bond acceptors (Lipinski definition) is 5. The summed E-state index contributed by atoms with van der Waals surface area (Å²) in [5, 5.41) is 13.2. The molecular weight excluding hydrogens is 431 g/mol. The average Bonchev–Trinajstić information content (AvgIpc) is 3.09. The molecule has 1 aromatic heterocycles. The fraction of sp³-hybridized carbons (Fsp3) is 0.250. The van der Waals surface area contributed by atoms with Gasteiger partial charge in [0.1, 0.15) is 5.75 Å². The number of carbonyl (C=O) groups is 1. The summed E-state index contributed by atoms with van der Waals surface area (Å²) in [4.78, 5) is 12.5. The van der Waals surface area contributed by atoms with Crippen LogP contribution in [-0.2, 0) is 12.8 Å². The van der Waals surface area contributed by atoms with E-state index in [-0.39, 0.29) is 11.9 Å². The van der Waals surface area contributed by atoms with Crippen molar-refractivity contribution >= 4 is 40.9 Å². The summed E-state index contributed by atoms with van der Waals surface area (Å²) >= 11 is 13.6. The number of thioether (sulfide) groups is 1. The Morgan fingerprint density at radius 2 is 1.90 bits per heavy atom. The Hall–Kier alpha value is -2.22. The molecule has 6 nitrogen and oxygen atoms in total. The number of ether oxygens (including phenoxy) is 1. The summed E-state index contributed by atoms with van der Waals surface area (Å²) in [6, 6.07) is 12.2. The first-order valence-electron chi connectivity index (χ1n) is 8.80. The minimum Gasteiger partial charge on any atom is -0.497 e. The lowest BCUT2D eigenvalue weighted by molar-refractivity contribution is 0.0937. The molecule has 0 aliphatic heterocycles. The molecule has 0 fully saturated rings. The number of hydrogen-bond donors (Lipinski definition) is 1. The Morgan fingerprint density at radius 1 is 1.17 bits per heavy atom. The van der Waals surface area contributed by atoms with Crippen molar-refractivity contribution < 1.29 is 9.53 Å². The Kier molecular flexibility index (Phi) is 7.05. The minimum atomic E-state index is -0.304. The molecule has 1 amide bonds. The summed E-state index contributed by atoms with van der Waals surface area (Å²) in [6.07, 6.45) is 0. The highest BCUT2D eigenvalue weighted by molar-refractivity contribution is 7.98. The molecule has 0 aliphatic carbocycles. The second kappa shape index (κ2) is 9.52. The number of aromatic nitrogens is 3. The molecule has 152 valence electrons. The second-order valence-electron chi connectivity index (χ2n) is 6.36. The third-order valence-electron chi connectivity index (χ3n) is 4.31. The van der Waals surface area contributed by atoms with Crippen LogP contribution in [0, 0.1) is 0 Å². The molecule has 1 heterocycles. The van der Waals surface area contributed by atoms with E-state index in [1.54, 1.807) is 37.4 Å². The van der Waals surface area contributed by atoms with Crippen molar-refractivity contribution in [1.29, 1.82) is 0 Å². The Bertz CT molecular complexity index is 1010. The molecule has 0 radical (unpaired) electrons. The van der Waals surface area contributed by atoms with Crippen LogP contribution in [0.1, 0.15) is 34.7 Å². The van der Waals surface area contributed by atoms with E-state index in [0.717, 1.165) is 10.7 Å². The van der Waals surface area contributed by atoms with Gasteiger partial charge < -0.3 is 14.6 Å². The third kappa shape index (κ3) is 5.23. The normalized spacial score (nSPS) is 11.9. The fourth-order valence-corrected chi connectivity index (χ4v) is 3.87. The van der Waals surface area contributed by atoms with Gasteiger partial charge in [-0.3, -0.25) is 4.79 Å². The molecular formula is C20H20Cl2N4O2S. The van der Waals surface area contributed by atoms with Gasteiger partial charge in [-0.15, -0.1) is 10.2 Å². The van der Waals surface area contributed by atoms with Gasteiger partial charge in [-0.05, 0) is 48.9 Å². The van der Waals surface area contributed by atoms with Crippen LogP contribution in [0.25, 0.3) is 0 Å². The zero-order valence-electron chi connectivity index (χ0n) is 16.1. The van der Waals surface area contributed by atoms with Gasteiger partial charge in [-0.1, -0.05) is 41.0 Å². The SMILES string of the molecule is COc1ccc(C(=O)N[C@H](C)c2nnc(SCc3ccc(Cl)c(Cl)c3)n2C)cc1. The summed E-state index contributed by atoms with van der Waals surface area (Å²) in [5.74, 6) is 1.86. The lowest BCUT2D eigenvalue weighted by Gasteiger charge is -2.14. The van der Waals surface area contributed by atoms with Gasteiger partial charge in [-0.25, -0.2) is 0 Å². The first-order valence-corrected chi connectivity index (χ1v) is 10.5. The van der Waals surface area contributed by atoms with Crippen LogP contribution in [0.3, 0.4) is 0 Å².